The van der Waals surface area contributed by atoms with Gasteiger partial charge in [-0.1, -0.05) is 12.1 Å². The lowest BCUT2D eigenvalue weighted by Gasteiger charge is -2.38. The standard InChI is InChI=1S/C39H41F4N9O5/c1-49-35-25(4-3-5-30(35)52(38(49)56)31-10-11-34(53)47-37(31)55)24-12-13-50(20-26(24)40)18-21-6-8-23(9-7-21)51-19-22-14-28(32(57-2)15-27(22)48-51)46-36(54)29-16-44-17-33(45-29)39(41,42)43/h3-5,14-17,19,21,23-24,26,31H,6-13,18,20H2,1-2H3,(H,46,54)(H,47,53,55)/t21?,23?,24-,26+,31?/m0/s1. The number of para-hydroxylation sites is 1. The average Bonchev–Trinajstić information content (AvgIpc) is 3.71. The predicted molar refractivity (Wildman–Crippen MR) is 200 cm³/mol. The third-order valence-corrected chi connectivity index (χ3v) is 11.6. The molecule has 3 atom stereocenters. The monoisotopic (exact) mass is 791 g/mol. The van der Waals surface area contributed by atoms with Crippen LogP contribution in [0.1, 0.15) is 84.7 Å². The van der Waals surface area contributed by atoms with E-state index in [2.05, 4.69) is 25.5 Å². The first-order chi connectivity index (χ1) is 27.3. The van der Waals surface area contributed by atoms with Crippen molar-refractivity contribution in [2.45, 2.75) is 75.3 Å². The summed E-state index contributed by atoms with van der Waals surface area (Å²) in [6.45, 7) is 1.75. The number of hydrogen-bond donors (Lipinski definition) is 2. The molecular weight excluding hydrogens is 750 g/mol. The Balaban J connectivity index is 0.892. The van der Waals surface area contributed by atoms with Crippen LogP contribution in [0, 0.1) is 5.92 Å². The van der Waals surface area contributed by atoms with E-state index >= 15 is 4.39 Å². The molecule has 3 aliphatic rings. The lowest BCUT2D eigenvalue weighted by atomic mass is 9.83. The molecule has 2 aliphatic heterocycles. The summed E-state index contributed by atoms with van der Waals surface area (Å²) in [7, 11) is 3.05. The molecule has 3 aromatic heterocycles. The maximum atomic E-state index is 16.1. The lowest BCUT2D eigenvalue weighted by molar-refractivity contribution is -0.141. The van der Waals surface area contributed by atoms with E-state index in [1.807, 2.05) is 16.9 Å². The van der Waals surface area contributed by atoms with Crippen molar-refractivity contribution in [3.05, 3.63) is 76.4 Å². The number of imidazole rings is 1. The van der Waals surface area contributed by atoms with Gasteiger partial charge in [0, 0.05) is 50.1 Å². The number of hydrogen-bond acceptors (Lipinski definition) is 9. The summed E-state index contributed by atoms with van der Waals surface area (Å²) < 4.78 is 65.8. The van der Waals surface area contributed by atoms with Gasteiger partial charge in [0.15, 0.2) is 5.69 Å². The number of benzene rings is 2. The van der Waals surface area contributed by atoms with Gasteiger partial charge in [-0.3, -0.25) is 38.5 Å². The summed E-state index contributed by atoms with van der Waals surface area (Å²) in [5, 5.41) is 10.4. The largest absolute Gasteiger partial charge is 0.494 e. The number of alkyl halides is 4. The number of nitrogens with one attached hydrogen (secondary N) is 2. The van der Waals surface area contributed by atoms with Crippen LogP contribution >= 0.6 is 0 Å². The number of methoxy groups -OCH3 is 1. The van der Waals surface area contributed by atoms with E-state index in [-0.39, 0.29) is 48.5 Å². The Labute approximate surface area is 323 Å². The summed E-state index contributed by atoms with van der Waals surface area (Å²) >= 11 is 0. The number of aryl methyl sites for hydroxylation is 1. The van der Waals surface area contributed by atoms with E-state index in [0.717, 1.165) is 44.0 Å². The molecule has 2 aromatic carbocycles. The van der Waals surface area contributed by atoms with Crippen LogP contribution in [0.3, 0.4) is 0 Å². The highest BCUT2D eigenvalue weighted by Crippen LogP contribution is 2.39. The van der Waals surface area contributed by atoms with E-state index in [9.17, 15) is 32.3 Å². The molecular formula is C39H41F4N9O5. The second-order valence-corrected chi connectivity index (χ2v) is 15.2. The van der Waals surface area contributed by atoms with Crippen molar-refractivity contribution in [2.75, 3.05) is 32.1 Å². The number of carbonyl (C=O) groups is 3. The van der Waals surface area contributed by atoms with Crippen molar-refractivity contribution in [3.63, 3.8) is 0 Å². The Morgan fingerprint density at radius 2 is 1.84 bits per heavy atom. The Morgan fingerprint density at radius 3 is 2.56 bits per heavy atom. The zero-order valence-electron chi connectivity index (χ0n) is 31.3. The van der Waals surface area contributed by atoms with Gasteiger partial charge in [0.05, 0.1) is 47.8 Å². The van der Waals surface area contributed by atoms with Crippen molar-refractivity contribution in [1.82, 2.24) is 39.1 Å². The van der Waals surface area contributed by atoms with Gasteiger partial charge in [-0.25, -0.2) is 14.2 Å². The maximum Gasteiger partial charge on any atom is 0.434 e. The third kappa shape index (κ3) is 7.37. The molecule has 0 radical (unpaired) electrons. The first-order valence-electron chi connectivity index (χ1n) is 19.0. The fourth-order valence-electron chi connectivity index (χ4n) is 8.76. The minimum absolute atomic E-state index is 0.123. The number of imide groups is 1. The Hall–Kier alpha value is -5.65. The number of fused-ring (bicyclic) bond motifs is 2. The number of piperidine rings is 2. The average molecular weight is 792 g/mol. The highest BCUT2D eigenvalue weighted by Gasteiger charge is 2.37. The summed E-state index contributed by atoms with van der Waals surface area (Å²) in [4.78, 5) is 59.8. The van der Waals surface area contributed by atoms with Gasteiger partial charge < -0.3 is 15.0 Å². The van der Waals surface area contributed by atoms with E-state index in [1.165, 1.54) is 16.2 Å². The molecule has 0 bridgehead atoms. The van der Waals surface area contributed by atoms with Crippen LogP contribution < -0.4 is 21.1 Å². The number of ether oxygens (including phenoxy) is 1. The minimum atomic E-state index is -4.75. The van der Waals surface area contributed by atoms with Gasteiger partial charge in [0.1, 0.15) is 23.7 Å². The zero-order chi connectivity index (χ0) is 40.2. The SMILES string of the molecule is COc1cc2nn(C3CCC(CN4CC[C@@H](c5cccc6c5n(C)c(=O)n6C5CCC(=O)NC5=O)[C@H](F)C4)CC3)cc2cc1NC(=O)c1cncc(C(F)(F)F)n1. The molecule has 2 N–H and O–H groups in total. The molecule has 300 valence electrons. The van der Waals surface area contributed by atoms with Crippen molar-refractivity contribution in [1.29, 1.82) is 0 Å². The number of halogens is 4. The summed E-state index contributed by atoms with van der Waals surface area (Å²) in [5.74, 6) is -1.50. The highest BCUT2D eigenvalue weighted by atomic mass is 19.4. The van der Waals surface area contributed by atoms with Gasteiger partial charge in [-0.15, -0.1) is 0 Å². The van der Waals surface area contributed by atoms with Crippen molar-refractivity contribution in [2.24, 2.45) is 13.0 Å². The van der Waals surface area contributed by atoms with Crippen molar-refractivity contribution in [3.8, 4) is 5.75 Å². The molecule has 1 unspecified atom stereocenters. The molecule has 3 fully saturated rings. The Bertz CT molecular complexity index is 2430. The summed E-state index contributed by atoms with van der Waals surface area (Å²) in [6.07, 6.45) is 2.01. The topological polar surface area (TPSA) is 158 Å². The van der Waals surface area contributed by atoms with Gasteiger partial charge in [-0.05, 0) is 68.7 Å². The molecule has 18 heteroatoms. The van der Waals surface area contributed by atoms with Crippen LogP contribution in [-0.4, -0.2) is 84.4 Å². The van der Waals surface area contributed by atoms with Gasteiger partial charge in [-0.2, -0.15) is 18.3 Å². The van der Waals surface area contributed by atoms with Gasteiger partial charge in [0.2, 0.25) is 11.8 Å². The minimum Gasteiger partial charge on any atom is -0.494 e. The van der Waals surface area contributed by atoms with E-state index in [0.29, 0.717) is 47.0 Å². The molecule has 57 heavy (non-hydrogen) atoms. The molecule has 8 rings (SSSR count). The molecule has 5 heterocycles. The van der Waals surface area contributed by atoms with E-state index < -0.39 is 47.5 Å². The van der Waals surface area contributed by atoms with Gasteiger partial charge >= 0.3 is 11.9 Å². The van der Waals surface area contributed by atoms with Crippen LogP contribution in [-0.2, 0) is 22.8 Å². The second-order valence-electron chi connectivity index (χ2n) is 15.2. The highest BCUT2D eigenvalue weighted by molar-refractivity contribution is 6.05. The van der Waals surface area contributed by atoms with Crippen LogP contribution in [0.25, 0.3) is 21.9 Å². The summed E-state index contributed by atoms with van der Waals surface area (Å²) in [6, 6.07) is 8.07. The number of aromatic nitrogens is 6. The van der Waals surface area contributed by atoms with Crippen molar-refractivity contribution < 1.29 is 36.7 Å². The number of amides is 3. The second kappa shape index (κ2) is 15.0. The van der Waals surface area contributed by atoms with Crippen LogP contribution in [0.15, 0.2) is 53.7 Å². The van der Waals surface area contributed by atoms with E-state index in [4.69, 9.17) is 9.84 Å². The van der Waals surface area contributed by atoms with Crippen LogP contribution in [0.2, 0.25) is 0 Å². The summed E-state index contributed by atoms with van der Waals surface area (Å²) in [5.41, 5.74) is 0.658. The van der Waals surface area contributed by atoms with E-state index in [1.54, 1.807) is 31.3 Å². The Kier molecular flexibility index (Phi) is 10.1. The fourth-order valence-corrected chi connectivity index (χ4v) is 8.76. The van der Waals surface area contributed by atoms with Crippen LogP contribution in [0.4, 0.5) is 23.2 Å². The first-order valence-corrected chi connectivity index (χ1v) is 19.0. The zero-order valence-corrected chi connectivity index (χ0v) is 31.3. The molecule has 2 saturated heterocycles. The number of likely N-dealkylation sites (tertiary alicyclic amines) is 1. The first kappa shape index (κ1) is 38.2. The number of nitrogens with zero attached hydrogens (tertiary/aromatic N) is 7. The smallest absolute Gasteiger partial charge is 0.434 e. The van der Waals surface area contributed by atoms with Crippen LogP contribution in [0.5, 0.6) is 5.75 Å². The Morgan fingerprint density at radius 1 is 1.05 bits per heavy atom. The number of rotatable bonds is 8. The number of anilines is 1. The maximum absolute atomic E-state index is 16.1. The van der Waals surface area contributed by atoms with Gasteiger partial charge in [0.25, 0.3) is 5.91 Å². The third-order valence-electron chi connectivity index (χ3n) is 11.6. The molecule has 3 amide bonds. The molecule has 0 spiro atoms. The molecule has 14 nitrogen and oxygen atoms in total. The normalized spacial score (nSPS) is 23.5. The predicted octanol–water partition coefficient (Wildman–Crippen LogP) is 5.30. The van der Waals surface area contributed by atoms with Crippen molar-refractivity contribution >= 4 is 45.3 Å². The molecule has 5 aromatic rings. The molecule has 1 aliphatic carbocycles. The number of carbonyl (C=O) groups excluding carboxylic acids is 3. The lowest BCUT2D eigenvalue weighted by Crippen LogP contribution is -2.44. The quantitative estimate of drug-likeness (QED) is 0.157. The fraction of sp³-hybridized carbons (Fsp3) is 0.462. The molecule has 1 saturated carbocycles.